The van der Waals surface area contributed by atoms with Crippen molar-refractivity contribution in [1.29, 1.82) is 0 Å². The Hall–Kier alpha value is -3.41. The number of rotatable bonds is 5. The van der Waals surface area contributed by atoms with E-state index in [4.69, 9.17) is 0 Å². The maximum atomic E-state index is 13.2. The van der Waals surface area contributed by atoms with Crippen LogP contribution in [0.25, 0.3) is 11.0 Å². The van der Waals surface area contributed by atoms with E-state index in [0.717, 1.165) is 45.2 Å². The number of piperidine rings is 2. The number of nitrogens with zero attached hydrogens (tertiary/aromatic N) is 4. The Balaban J connectivity index is 1.29. The highest BCUT2D eigenvalue weighted by atomic mass is 19.4. The molecule has 1 aromatic carbocycles. The lowest BCUT2D eigenvalue weighted by Crippen LogP contribution is -2.46. The Morgan fingerprint density at radius 2 is 1.92 bits per heavy atom. The van der Waals surface area contributed by atoms with E-state index in [1.807, 2.05) is 4.90 Å². The summed E-state index contributed by atoms with van der Waals surface area (Å²) in [5, 5.41) is 9.77. The van der Waals surface area contributed by atoms with Crippen molar-refractivity contribution in [3.05, 3.63) is 41.3 Å². The molecule has 2 saturated heterocycles. The first-order valence-corrected chi connectivity index (χ1v) is 12.6. The molecular weight excluding hydrogens is 487 g/mol. The quantitative estimate of drug-likeness (QED) is 0.466. The van der Waals surface area contributed by atoms with Crippen LogP contribution in [-0.4, -0.2) is 68.0 Å². The van der Waals surface area contributed by atoms with Gasteiger partial charge in [0.1, 0.15) is 5.52 Å². The highest BCUT2D eigenvalue weighted by Gasteiger charge is 2.35. The summed E-state index contributed by atoms with van der Waals surface area (Å²) in [4.78, 5) is 36.0. The molecule has 5 rings (SSSR count). The number of aromatic nitrogens is 4. The third-order valence-corrected chi connectivity index (χ3v) is 7.28. The van der Waals surface area contributed by atoms with Gasteiger partial charge in [0, 0.05) is 12.6 Å². The lowest BCUT2D eigenvalue weighted by atomic mass is 9.98. The van der Waals surface area contributed by atoms with Gasteiger partial charge in [0.2, 0.25) is 11.7 Å². The van der Waals surface area contributed by atoms with Crippen molar-refractivity contribution in [2.75, 3.05) is 31.5 Å². The maximum absolute atomic E-state index is 13.2. The van der Waals surface area contributed by atoms with Crippen molar-refractivity contribution in [2.45, 2.75) is 51.2 Å². The molecule has 0 saturated carbocycles. The number of carbonyl (C=O) groups is 2. The number of hydrogen-bond acceptors (Lipinski definition) is 5. The summed E-state index contributed by atoms with van der Waals surface area (Å²) in [6.45, 7) is 5.16. The number of halogens is 3. The zero-order valence-electron chi connectivity index (χ0n) is 20.6. The van der Waals surface area contributed by atoms with Crippen LogP contribution in [-0.2, 0) is 11.0 Å². The number of likely N-dealkylation sites (tertiary alicyclic amines) is 2. The minimum atomic E-state index is -4.65. The predicted octanol–water partition coefficient (Wildman–Crippen LogP) is 4.34. The van der Waals surface area contributed by atoms with Crippen molar-refractivity contribution < 1.29 is 22.8 Å². The summed E-state index contributed by atoms with van der Waals surface area (Å²) >= 11 is 0. The SMILES string of the molecule is CC1CCN(CC(=O)N2CCCCC2c2cc(NC(=O)c3cccc4[nH]c(C(F)(F)F)nc34)n[nH]2)CC1. The van der Waals surface area contributed by atoms with Gasteiger partial charge in [-0.3, -0.25) is 19.6 Å². The third-order valence-electron chi connectivity index (χ3n) is 7.28. The molecule has 9 nitrogen and oxygen atoms in total. The minimum Gasteiger partial charge on any atom is -0.334 e. The van der Waals surface area contributed by atoms with Crippen LogP contribution in [0.15, 0.2) is 24.3 Å². The van der Waals surface area contributed by atoms with Gasteiger partial charge in [-0.2, -0.15) is 18.3 Å². The molecule has 12 heteroatoms. The second kappa shape index (κ2) is 10.2. The van der Waals surface area contributed by atoms with E-state index in [1.165, 1.54) is 18.2 Å². The summed E-state index contributed by atoms with van der Waals surface area (Å²) < 4.78 is 39.2. The molecule has 2 aliphatic rings. The summed E-state index contributed by atoms with van der Waals surface area (Å²) in [6, 6.07) is 5.84. The number of anilines is 1. The van der Waals surface area contributed by atoms with Gasteiger partial charge in [-0.25, -0.2) is 4.98 Å². The van der Waals surface area contributed by atoms with Crippen molar-refractivity contribution in [1.82, 2.24) is 30.0 Å². The Kier molecular flexibility index (Phi) is 6.93. The van der Waals surface area contributed by atoms with Crippen molar-refractivity contribution >= 4 is 28.7 Å². The van der Waals surface area contributed by atoms with E-state index >= 15 is 0 Å². The first-order valence-electron chi connectivity index (χ1n) is 12.6. The highest BCUT2D eigenvalue weighted by Crippen LogP contribution is 2.32. The molecule has 0 bridgehead atoms. The van der Waals surface area contributed by atoms with Crippen LogP contribution in [0.1, 0.15) is 66.9 Å². The van der Waals surface area contributed by atoms with Crippen molar-refractivity contribution in [2.24, 2.45) is 5.92 Å². The molecule has 2 amide bonds. The van der Waals surface area contributed by atoms with E-state index in [-0.39, 0.29) is 34.4 Å². The average Bonchev–Trinajstić information content (AvgIpc) is 3.52. The largest absolute Gasteiger partial charge is 0.449 e. The molecule has 198 valence electrons. The van der Waals surface area contributed by atoms with Gasteiger partial charge in [0.05, 0.1) is 29.4 Å². The van der Waals surface area contributed by atoms with Crippen LogP contribution < -0.4 is 5.32 Å². The lowest BCUT2D eigenvalue weighted by molar-refractivity contribution is -0.144. The average molecular weight is 518 g/mol. The number of para-hydroxylation sites is 1. The number of carbonyl (C=O) groups excluding carboxylic acids is 2. The Morgan fingerprint density at radius 3 is 2.68 bits per heavy atom. The molecule has 2 fully saturated rings. The molecule has 3 N–H and O–H groups in total. The van der Waals surface area contributed by atoms with E-state index in [0.29, 0.717) is 24.7 Å². The number of benzene rings is 1. The van der Waals surface area contributed by atoms with Gasteiger partial charge in [-0.1, -0.05) is 13.0 Å². The molecule has 0 spiro atoms. The van der Waals surface area contributed by atoms with Gasteiger partial charge in [-0.15, -0.1) is 0 Å². The molecule has 4 heterocycles. The monoisotopic (exact) mass is 517 g/mol. The van der Waals surface area contributed by atoms with Gasteiger partial charge in [-0.05, 0) is 63.2 Å². The van der Waals surface area contributed by atoms with Crippen LogP contribution in [0.5, 0.6) is 0 Å². The number of imidazole rings is 1. The van der Waals surface area contributed by atoms with Crippen molar-refractivity contribution in [3.63, 3.8) is 0 Å². The minimum absolute atomic E-state index is 0.000814. The molecule has 0 radical (unpaired) electrons. The first kappa shape index (κ1) is 25.2. The number of H-pyrrole nitrogens is 2. The number of hydrogen-bond donors (Lipinski definition) is 3. The van der Waals surface area contributed by atoms with Crippen LogP contribution in [0.2, 0.25) is 0 Å². The Morgan fingerprint density at radius 1 is 1.14 bits per heavy atom. The molecule has 3 aromatic rings. The molecule has 0 aliphatic carbocycles. The lowest BCUT2D eigenvalue weighted by Gasteiger charge is -2.37. The van der Waals surface area contributed by atoms with Gasteiger partial charge in [0.25, 0.3) is 5.91 Å². The standard InChI is InChI=1S/C25H30F3N7O2/c1-15-8-11-34(12-9-15)14-21(36)35-10-3-2-7-19(35)18-13-20(33-32-18)30-23(37)16-5-4-6-17-22(16)31-24(29-17)25(26,27)28/h4-6,13,15,19H,2-3,7-12,14H2,1H3,(H,29,31)(H2,30,32,33,37). The molecule has 2 aliphatic heterocycles. The van der Waals surface area contributed by atoms with Gasteiger partial charge < -0.3 is 15.2 Å². The molecular formula is C25H30F3N7O2. The smallest absolute Gasteiger partial charge is 0.334 e. The first-order chi connectivity index (χ1) is 17.7. The van der Waals surface area contributed by atoms with E-state index in [2.05, 4.69) is 37.3 Å². The number of alkyl halides is 3. The predicted molar refractivity (Wildman–Crippen MR) is 131 cm³/mol. The summed E-state index contributed by atoms with van der Waals surface area (Å²) in [7, 11) is 0. The second-order valence-electron chi connectivity index (χ2n) is 10.0. The maximum Gasteiger partial charge on any atom is 0.449 e. The number of amides is 2. The van der Waals surface area contributed by atoms with Crippen LogP contribution >= 0.6 is 0 Å². The number of fused-ring (bicyclic) bond motifs is 1. The topological polar surface area (TPSA) is 110 Å². The van der Waals surface area contributed by atoms with Gasteiger partial charge in [0.15, 0.2) is 5.82 Å². The summed E-state index contributed by atoms with van der Waals surface area (Å²) in [5.74, 6) is -0.776. The van der Waals surface area contributed by atoms with Crippen LogP contribution in [0.4, 0.5) is 19.0 Å². The fourth-order valence-electron chi connectivity index (χ4n) is 5.16. The second-order valence-corrected chi connectivity index (χ2v) is 10.0. The zero-order chi connectivity index (χ0) is 26.2. The molecule has 1 unspecified atom stereocenters. The summed E-state index contributed by atoms with van der Waals surface area (Å²) in [5.41, 5.74) is 0.758. The Bertz CT molecular complexity index is 1280. The third kappa shape index (κ3) is 5.48. The van der Waals surface area contributed by atoms with Gasteiger partial charge >= 0.3 is 6.18 Å². The van der Waals surface area contributed by atoms with Crippen LogP contribution in [0.3, 0.4) is 0 Å². The highest BCUT2D eigenvalue weighted by molar-refractivity contribution is 6.11. The number of aromatic amines is 2. The van der Waals surface area contributed by atoms with Crippen molar-refractivity contribution in [3.8, 4) is 0 Å². The number of nitrogens with one attached hydrogen (secondary N) is 3. The fraction of sp³-hybridized carbons (Fsp3) is 0.520. The van der Waals surface area contributed by atoms with E-state index in [1.54, 1.807) is 6.07 Å². The Labute approximate surface area is 211 Å². The molecule has 37 heavy (non-hydrogen) atoms. The summed E-state index contributed by atoms with van der Waals surface area (Å²) in [6.07, 6.45) is 0.238. The molecule has 1 atom stereocenters. The normalized spacial score (nSPS) is 19.9. The molecule has 2 aromatic heterocycles. The fourth-order valence-corrected chi connectivity index (χ4v) is 5.16. The van der Waals surface area contributed by atoms with E-state index < -0.39 is 17.9 Å². The van der Waals surface area contributed by atoms with Crippen LogP contribution in [0, 0.1) is 5.92 Å². The van der Waals surface area contributed by atoms with E-state index in [9.17, 15) is 22.8 Å². The zero-order valence-corrected chi connectivity index (χ0v) is 20.6.